The molecule has 4 rings (SSSR count). The van der Waals surface area contributed by atoms with E-state index in [0.29, 0.717) is 11.1 Å². The van der Waals surface area contributed by atoms with E-state index in [2.05, 4.69) is 4.98 Å². The fraction of sp³-hybridized carbons (Fsp3) is 0. The summed E-state index contributed by atoms with van der Waals surface area (Å²) in [6, 6.07) is 19.8. The Hall–Kier alpha value is -3.20. The summed E-state index contributed by atoms with van der Waals surface area (Å²) < 4.78 is 0. The summed E-state index contributed by atoms with van der Waals surface area (Å²) in [4.78, 5) is 17.4. The predicted molar refractivity (Wildman–Crippen MR) is 90.8 cm³/mol. The number of phenolic OH excluding ortho intramolecular Hbond substituents is 1. The third-order valence-electron chi connectivity index (χ3n) is 3.99. The van der Waals surface area contributed by atoms with Gasteiger partial charge in [-0.15, -0.1) is 0 Å². The molecule has 0 aliphatic rings. The van der Waals surface area contributed by atoms with E-state index in [0.717, 1.165) is 21.7 Å². The van der Waals surface area contributed by atoms with Gasteiger partial charge in [-0.2, -0.15) is 0 Å². The van der Waals surface area contributed by atoms with Gasteiger partial charge in [-0.05, 0) is 35.7 Å². The topological polar surface area (TPSA) is 50.2 Å². The molecule has 0 aliphatic carbocycles. The zero-order valence-electron chi connectivity index (χ0n) is 12.2. The van der Waals surface area contributed by atoms with Crippen LogP contribution in [0.15, 0.2) is 72.9 Å². The fourth-order valence-corrected chi connectivity index (χ4v) is 2.86. The van der Waals surface area contributed by atoms with Crippen molar-refractivity contribution < 1.29 is 9.90 Å². The number of ketones is 1. The highest BCUT2D eigenvalue weighted by Crippen LogP contribution is 2.28. The minimum Gasteiger partial charge on any atom is -0.508 e. The van der Waals surface area contributed by atoms with Crippen molar-refractivity contribution in [1.82, 2.24) is 4.98 Å². The van der Waals surface area contributed by atoms with Crippen LogP contribution in [0.25, 0.3) is 21.7 Å². The first-order valence-electron chi connectivity index (χ1n) is 7.34. The van der Waals surface area contributed by atoms with Crippen LogP contribution >= 0.6 is 0 Å². The van der Waals surface area contributed by atoms with Crippen LogP contribution in [0.2, 0.25) is 0 Å². The second-order valence-electron chi connectivity index (χ2n) is 5.42. The zero-order valence-corrected chi connectivity index (χ0v) is 12.2. The van der Waals surface area contributed by atoms with Gasteiger partial charge in [-0.3, -0.25) is 9.78 Å². The molecule has 1 heterocycles. The van der Waals surface area contributed by atoms with Crippen LogP contribution in [-0.2, 0) is 0 Å². The quantitative estimate of drug-likeness (QED) is 0.443. The SMILES string of the molecule is O=C(c1ccc(O)cc1)c1cccc2ncc3ccccc3c12. The van der Waals surface area contributed by atoms with E-state index >= 15 is 0 Å². The largest absolute Gasteiger partial charge is 0.508 e. The number of hydrogen-bond donors (Lipinski definition) is 1. The predicted octanol–water partition coefficient (Wildman–Crippen LogP) is 4.32. The van der Waals surface area contributed by atoms with Crippen molar-refractivity contribution in [2.75, 3.05) is 0 Å². The Morgan fingerprint density at radius 3 is 2.48 bits per heavy atom. The number of hydrogen-bond acceptors (Lipinski definition) is 3. The monoisotopic (exact) mass is 299 g/mol. The van der Waals surface area contributed by atoms with Gasteiger partial charge in [0, 0.05) is 28.1 Å². The fourth-order valence-electron chi connectivity index (χ4n) is 2.86. The summed E-state index contributed by atoms with van der Waals surface area (Å²) in [7, 11) is 0. The van der Waals surface area contributed by atoms with Crippen molar-refractivity contribution in [3.8, 4) is 5.75 Å². The second kappa shape index (κ2) is 5.21. The summed E-state index contributed by atoms with van der Waals surface area (Å²) in [6.07, 6.45) is 1.83. The molecule has 3 nitrogen and oxygen atoms in total. The van der Waals surface area contributed by atoms with Crippen molar-refractivity contribution in [1.29, 1.82) is 0 Å². The Balaban J connectivity index is 2.01. The second-order valence-corrected chi connectivity index (χ2v) is 5.42. The van der Waals surface area contributed by atoms with Crippen molar-refractivity contribution in [2.45, 2.75) is 0 Å². The van der Waals surface area contributed by atoms with E-state index in [-0.39, 0.29) is 11.5 Å². The minimum absolute atomic E-state index is 0.0752. The lowest BCUT2D eigenvalue weighted by atomic mass is 9.96. The summed E-state index contributed by atoms with van der Waals surface area (Å²) in [5.41, 5.74) is 1.97. The summed E-state index contributed by atoms with van der Waals surface area (Å²) in [6.45, 7) is 0. The van der Waals surface area contributed by atoms with Crippen LogP contribution < -0.4 is 0 Å². The van der Waals surface area contributed by atoms with E-state index in [4.69, 9.17) is 0 Å². The number of aromatic nitrogens is 1. The number of benzene rings is 3. The molecule has 1 N–H and O–H groups in total. The molecule has 0 saturated heterocycles. The number of rotatable bonds is 2. The van der Waals surface area contributed by atoms with Crippen LogP contribution in [0.3, 0.4) is 0 Å². The number of carbonyl (C=O) groups is 1. The molecular weight excluding hydrogens is 286 g/mol. The van der Waals surface area contributed by atoms with Gasteiger partial charge in [0.05, 0.1) is 5.52 Å². The van der Waals surface area contributed by atoms with Crippen molar-refractivity contribution in [3.05, 3.63) is 84.1 Å². The van der Waals surface area contributed by atoms with Crippen LogP contribution in [0.4, 0.5) is 0 Å². The van der Waals surface area contributed by atoms with Crippen molar-refractivity contribution in [2.24, 2.45) is 0 Å². The third kappa shape index (κ3) is 2.23. The molecule has 0 saturated carbocycles. The number of carbonyl (C=O) groups excluding carboxylic acids is 1. The maximum atomic E-state index is 12.9. The molecule has 0 bridgehead atoms. The van der Waals surface area contributed by atoms with Crippen molar-refractivity contribution in [3.63, 3.8) is 0 Å². The van der Waals surface area contributed by atoms with Gasteiger partial charge in [0.15, 0.2) is 5.78 Å². The molecule has 0 unspecified atom stereocenters. The molecule has 0 atom stereocenters. The summed E-state index contributed by atoms with van der Waals surface area (Å²) >= 11 is 0. The minimum atomic E-state index is -0.0752. The molecule has 3 aromatic carbocycles. The van der Waals surface area contributed by atoms with Crippen molar-refractivity contribution >= 4 is 27.5 Å². The Morgan fingerprint density at radius 2 is 1.65 bits per heavy atom. The third-order valence-corrected chi connectivity index (χ3v) is 3.99. The average Bonchev–Trinajstić information content (AvgIpc) is 2.61. The molecule has 0 fully saturated rings. The Bertz CT molecular complexity index is 1040. The average molecular weight is 299 g/mol. The van der Waals surface area contributed by atoms with Gasteiger partial charge >= 0.3 is 0 Å². The lowest BCUT2D eigenvalue weighted by Gasteiger charge is -2.09. The molecule has 0 radical (unpaired) electrons. The van der Waals surface area contributed by atoms with E-state index < -0.39 is 0 Å². The van der Waals surface area contributed by atoms with Crippen LogP contribution in [0, 0.1) is 0 Å². The molecular formula is C20H13NO2. The van der Waals surface area contributed by atoms with Gasteiger partial charge < -0.3 is 5.11 Å². The Kier molecular flexibility index (Phi) is 3.05. The number of phenols is 1. The highest BCUT2D eigenvalue weighted by molar-refractivity contribution is 6.21. The molecule has 0 amide bonds. The van der Waals surface area contributed by atoms with E-state index in [1.807, 2.05) is 48.7 Å². The van der Waals surface area contributed by atoms with Crippen LogP contribution in [0.5, 0.6) is 5.75 Å². The summed E-state index contributed by atoms with van der Waals surface area (Å²) in [5.74, 6) is 0.0698. The molecule has 23 heavy (non-hydrogen) atoms. The van der Waals surface area contributed by atoms with Gasteiger partial charge in [-0.1, -0.05) is 36.4 Å². The standard InChI is InChI=1S/C20H13NO2/c22-15-10-8-13(9-11-15)20(23)17-6-3-7-18-19(17)16-5-2-1-4-14(16)12-21-18/h1-12,22H. The van der Waals surface area contributed by atoms with E-state index in [1.165, 1.54) is 12.1 Å². The lowest BCUT2D eigenvalue weighted by Crippen LogP contribution is -2.02. The van der Waals surface area contributed by atoms with Gasteiger partial charge in [0.1, 0.15) is 5.75 Å². The number of nitrogens with zero attached hydrogens (tertiary/aromatic N) is 1. The first kappa shape index (κ1) is 13.5. The number of pyridine rings is 1. The normalized spacial score (nSPS) is 11.0. The Morgan fingerprint density at radius 1 is 0.870 bits per heavy atom. The number of fused-ring (bicyclic) bond motifs is 3. The maximum Gasteiger partial charge on any atom is 0.193 e. The highest BCUT2D eigenvalue weighted by atomic mass is 16.3. The lowest BCUT2D eigenvalue weighted by molar-refractivity contribution is 0.104. The van der Waals surface area contributed by atoms with E-state index in [1.54, 1.807) is 12.1 Å². The Labute approximate surface area is 132 Å². The van der Waals surface area contributed by atoms with Gasteiger partial charge in [0.25, 0.3) is 0 Å². The zero-order chi connectivity index (χ0) is 15.8. The maximum absolute atomic E-state index is 12.9. The van der Waals surface area contributed by atoms with Crippen LogP contribution in [0.1, 0.15) is 15.9 Å². The molecule has 1 aromatic heterocycles. The van der Waals surface area contributed by atoms with E-state index in [9.17, 15) is 9.90 Å². The smallest absolute Gasteiger partial charge is 0.193 e. The first-order chi connectivity index (χ1) is 11.2. The molecule has 0 spiro atoms. The molecule has 0 aliphatic heterocycles. The first-order valence-corrected chi connectivity index (χ1v) is 7.34. The highest BCUT2D eigenvalue weighted by Gasteiger charge is 2.15. The number of aromatic hydroxyl groups is 1. The summed E-state index contributed by atoms with van der Waals surface area (Å²) in [5, 5.41) is 12.3. The van der Waals surface area contributed by atoms with Gasteiger partial charge in [-0.25, -0.2) is 0 Å². The molecule has 3 heteroatoms. The van der Waals surface area contributed by atoms with Crippen LogP contribution in [-0.4, -0.2) is 15.9 Å². The molecule has 4 aromatic rings. The molecule has 110 valence electrons. The van der Waals surface area contributed by atoms with Gasteiger partial charge in [0.2, 0.25) is 0 Å².